The first kappa shape index (κ1) is 21.1. The Morgan fingerprint density at radius 2 is 1.72 bits per heavy atom. The van der Waals surface area contributed by atoms with Crippen LogP contribution in [0.3, 0.4) is 0 Å². The number of likely N-dealkylation sites (N-methyl/N-ethyl adjacent to an activating group) is 1. The smallest absolute Gasteiger partial charge is 0.119 e. The van der Waals surface area contributed by atoms with Gasteiger partial charge in [0, 0.05) is 6.54 Å². The van der Waals surface area contributed by atoms with Crippen LogP contribution in [-0.2, 0) is 6.42 Å². The summed E-state index contributed by atoms with van der Waals surface area (Å²) in [4.78, 5) is 2.13. The van der Waals surface area contributed by atoms with E-state index < -0.39 is 0 Å². The SMILES string of the molecule is CC/C(Cc1ccccc1)=C(\C1=CCCC=C1)c1ccc(OCCN(C)C)cc1. The van der Waals surface area contributed by atoms with Crippen LogP contribution >= 0.6 is 0 Å². The molecular formula is C27H33NO. The maximum atomic E-state index is 5.89. The second-order valence-corrected chi connectivity index (χ2v) is 7.81. The summed E-state index contributed by atoms with van der Waals surface area (Å²) >= 11 is 0. The summed E-state index contributed by atoms with van der Waals surface area (Å²) < 4.78 is 5.89. The molecule has 0 aliphatic heterocycles. The zero-order chi connectivity index (χ0) is 20.5. The fourth-order valence-electron chi connectivity index (χ4n) is 3.67. The molecular weight excluding hydrogens is 354 g/mol. The fraction of sp³-hybridized carbons (Fsp3) is 0.333. The number of rotatable bonds is 9. The molecule has 0 atom stereocenters. The van der Waals surface area contributed by atoms with Gasteiger partial charge in [0.15, 0.2) is 0 Å². The maximum Gasteiger partial charge on any atom is 0.119 e. The summed E-state index contributed by atoms with van der Waals surface area (Å²) in [5, 5.41) is 0. The molecule has 2 nitrogen and oxygen atoms in total. The van der Waals surface area contributed by atoms with Crippen LogP contribution in [0.15, 0.2) is 84.0 Å². The highest BCUT2D eigenvalue weighted by Crippen LogP contribution is 2.34. The molecule has 0 fully saturated rings. The van der Waals surface area contributed by atoms with Crippen molar-refractivity contribution in [3.63, 3.8) is 0 Å². The monoisotopic (exact) mass is 387 g/mol. The Labute approximate surface area is 176 Å². The van der Waals surface area contributed by atoms with Gasteiger partial charge in [0.05, 0.1) is 0 Å². The zero-order valence-electron chi connectivity index (χ0n) is 18.0. The van der Waals surface area contributed by atoms with E-state index in [0.717, 1.165) is 38.0 Å². The van der Waals surface area contributed by atoms with Gasteiger partial charge in [0.1, 0.15) is 12.4 Å². The summed E-state index contributed by atoms with van der Waals surface area (Å²) in [6.45, 7) is 3.89. The highest BCUT2D eigenvalue weighted by atomic mass is 16.5. The largest absolute Gasteiger partial charge is 0.492 e. The van der Waals surface area contributed by atoms with Crippen molar-refractivity contribution in [2.24, 2.45) is 0 Å². The molecule has 2 aromatic carbocycles. The van der Waals surface area contributed by atoms with Gasteiger partial charge in [0.2, 0.25) is 0 Å². The molecule has 152 valence electrons. The van der Waals surface area contributed by atoms with Crippen LogP contribution in [0.1, 0.15) is 37.3 Å². The Kier molecular flexibility index (Phi) is 7.89. The molecule has 3 rings (SSSR count). The lowest BCUT2D eigenvalue weighted by Gasteiger charge is -2.19. The third kappa shape index (κ3) is 6.20. The second kappa shape index (κ2) is 10.8. The number of benzene rings is 2. The van der Waals surface area contributed by atoms with Crippen molar-refractivity contribution >= 4 is 5.57 Å². The van der Waals surface area contributed by atoms with Gasteiger partial charge in [-0.2, -0.15) is 0 Å². The Morgan fingerprint density at radius 1 is 0.966 bits per heavy atom. The molecule has 0 radical (unpaired) electrons. The number of hydrogen-bond acceptors (Lipinski definition) is 2. The fourth-order valence-corrected chi connectivity index (χ4v) is 3.67. The first-order chi connectivity index (χ1) is 14.2. The van der Waals surface area contributed by atoms with E-state index in [9.17, 15) is 0 Å². The summed E-state index contributed by atoms with van der Waals surface area (Å²) in [5.41, 5.74) is 6.86. The van der Waals surface area contributed by atoms with Gasteiger partial charge in [-0.15, -0.1) is 0 Å². The lowest BCUT2D eigenvalue weighted by molar-refractivity contribution is 0.261. The minimum absolute atomic E-state index is 0.706. The van der Waals surface area contributed by atoms with Crippen LogP contribution in [0.4, 0.5) is 0 Å². The van der Waals surface area contributed by atoms with Crippen LogP contribution in [0.2, 0.25) is 0 Å². The van der Waals surface area contributed by atoms with Crippen molar-refractivity contribution in [1.82, 2.24) is 4.90 Å². The van der Waals surface area contributed by atoms with Crippen molar-refractivity contribution in [3.8, 4) is 5.75 Å². The van der Waals surface area contributed by atoms with E-state index in [-0.39, 0.29) is 0 Å². The minimum atomic E-state index is 0.706. The van der Waals surface area contributed by atoms with Crippen LogP contribution < -0.4 is 4.74 Å². The number of ether oxygens (including phenoxy) is 1. The topological polar surface area (TPSA) is 12.5 Å². The summed E-state index contributed by atoms with van der Waals surface area (Å²) in [6, 6.07) is 19.4. The van der Waals surface area contributed by atoms with Crippen LogP contribution in [0, 0.1) is 0 Å². The standard InChI is InChI=1S/C27H33NO/c1-4-23(21-22-11-7-5-8-12-22)27(24-13-9-6-10-14-24)25-15-17-26(18-16-25)29-20-19-28(2)3/h5,7-9,11-18H,4,6,10,19-21H2,1-3H3/b27-23-. The van der Waals surface area contributed by atoms with Crippen molar-refractivity contribution < 1.29 is 4.74 Å². The van der Waals surface area contributed by atoms with Gasteiger partial charge in [-0.1, -0.05) is 73.2 Å². The molecule has 0 N–H and O–H groups in total. The zero-order valence-corrected chi connectivity index (χ0v) is 18.0. The summed E-state index contributed by atoms with van der Waals surface area (Å²) in [5.74, 6) is 0.934. The molecule has 0 heterocycles. The molecule has 2 aromatic rings. The van der Waals surface area contributed by atoms with Crippen molar-refractivity contribution in [2.45, 2.75) is 32.6 Å². The molecule has 0 spiro atoms. The normalized spacial score (nSPS) is 14.6. The Bertz CT molecular complexity index is 857. The van der Waals surface area contributed by atoms with E-state index in [0.29, 0.717) is 6.61 Å². The first-order valence-electron chi connectivity index (χ1n) is 10.7. The lowest BCUT2D eigenvalue weighted by Crippen LogP contribution is -2.19. The van der Waals surface area contributed by atoms with Crippen LogP contribution in [-0.4, -0.2) is 32.1 Å². The van der Waals surface area contributed by atoms with Crippen LogP contribution in [0.5, 0.6) is 5.75 Å². The third-order valence-electron chi connectivity index (χ3n) is 5.27. The molecule has 1 aliphatic rings. The Morgan fingerprint density at radius 3 is 2.34 bits per heavy atom. The molecule has 0 amide bonds. The van der Waals surface area contributed by atoms with E-state index in [2.05, 4.69) is 98.7 Å². The Hall–Kier alpha value is -2.58. The van der Waals surface area contributed by atoms with E-state index in [1.165, 1.54) is 27.8 Å². The van der Waals surface area contributed by atoms with Crippen molar-refractivity contribution in [3.05, 3.63) is 95.1 Å². The highest BCUT2D eigenvalue weighted by molar-refractivity contribution is 5.84. The third-order valence-corrected chi connectivity index (χ3v) is 5.27. The molecule has 0 saturated carbocycles. The number of hydrogen-bond donors (Lipinski definition) is 0. The highest BCUT2D eigenvalue weighted by Gasteiger charge is 2.14. The van der Waals surface area contributed by atoms with Gasteiger partial charge < -0.3 is 9.64 Å². The molecule has 29 heavy (non-hydrogen) atoms. The first-order valence-corrected chi connectivity index (χ1v) is 10.7. The average Bonchev–Trinajstić information content (AvgIpc) is 2.75. The Balaban J connectivity index is 1.91. The molecule has 2 heteroatoms. The molecule has 0 saturated heterocycles. The van der Waals surface area contributed by atoms with Gasteiger partial charge in [0.25, 0.3) is 0 Å². The van der Waals surface area contributed by atoms with Crippen LogP contribution in [0.25, 0.3) is 5.57 Å². The van der Waals surface area contributed by atoms with Gasteiger partial charge in [-0.05, 0) is 74.2 Å². The maximum absolute atomic E-state index is 5.89. The second-order valence-electron chi connectivity index (χ2n) is 7.81. The molecule has 0 aromatic heterocycles. The van der Waals surface area contributed by atoms with E-state index in [1.54, 1.807) is 0 Å². The molecule has 1 aliphatic carbocycles. The van der Waals surface area contributed by atoms with Gasteiger partial charge in [-0.25, -0.2) is 0 Å². The number of allylic oxidation sites excluding steroid dienone is 6. The summed E-state index contributed by atoms with van der Waals surface area (Å²) in [7, 11) is 4.13. The van der Waals surface area contributed by atoms with Crippen molar-refractivity contribution in [1.29, 1.82) is 0 Å². The van der Waals surface area contributed by atoms with E-state index in [1.807, 2.05) is 0 Å². The predicted octanol–water partition coefficient (Wildman–Crippen LogP) is 6.31. The quantitative estimate of drug-likeness (QED) is 0.500. The molecule has 0 bridgehead atoms. The van der Waals surface area contributed by atoms with Crippen molar-refractivity contribution in [2.75, 3.05) is 27.2 Å². The van der Waals surface area contributed by atoms with Gasteiger partial charge >= 0.3 is 0 Å². The predicted molar refractivity (Wildman–Crippen MR) is 124 cm³/mol. The average molecular weight is 388 g/mol. The molecule has 0 unspecified atom stereocenters. The lowest BCUT2D eigenvalue weighted by atomic mass is 9.86. The minimum Gasteiger partial charge on any atom is -0.492 e. The van der Waals surface area contributed by atoms with E-state index >= 15 is 0 Å². The van der Waals surface area contributed by atoms with Gasteiger partial charge in [-0.3, -0.25) is 0 Å². The van der Waals surface area contributed by atoms with E-state index in [4.69, 9.17) is 4.74 Å². The number of nitrogens with zero attached hydrogens (tertiary/aromatic N) is 1. The summed E-state index contributed by atoms with van der Waals surface area (Å²) in [6.07, 6.45) is 11.2.